The number of benzene rings is 1. The molecule has 11 heteroatoms. The van der Waals surface area contributed by atoms with E-state index in [1.807, 2.05) is 13.8 Å². The van der Waals surface area contributed by atoms with Crippen LogP contribution in [0.4, 0.5) is 4.39 Å². The summed E-state index contributed by atoms with van der Waals surface area (Å²) in [6.45, 7) is 6.36. The molecule has 0 unspecified atom stereocenters. The summed E-state index contributed by atoms with van der Waals surface area (Å²) < 4.78 is 46.6. The molecular formula is C23H27FN4O4S2. The van der Waals surface area contributed by atoms with E-state index in [1.54, 1.807) is 25.1 Å². The molecule has 3 aromatic rings. The second kappa shape index (κ2) is 9.93. The highest BCUT2D eigenvalue weighted by Gasteiger charge is 2.35. The van der Waals surface area contributed by atoms with Crippen molar-refractivity contribution in [2.24, 2.45) is 5.92 Å². The summed E-state index contributed by atoms with van der Waals surface area (Å²) in [6, 6.07) is 7.48. The molecule has 1 aromatic carbocycles. The number of carbonyl (C=O) groups is 1. The van der Waals surface area contributed by atoms with Gasteiger partial charge in [-0.25, -0.2) is 12.8 Å². The van der Waals surface area contributed by atoms with Crippen molar-refractivity contribution in [3.63, 3.8) is 0 Å². The first-order valence-corrected chi connectivity index (χ1v) is 13.4. The van der Waals surface area contributed by atoms with Crippen molar-refractivity contribution in [3.05, 3.63) is 52.5 Å². The first-order valence-electron chi connectivity index (χ1n) is 11.1. The highest BCUT2D eigenvalue weighted by Crippen LogP contribution is 2.35. The van der Waals surface area contributed by atoms with Crippen molar-refractivity contribution in [2.75, 3.05) is 13.1 Å². The second-order valence-corrected chi connectivity index (χ2v) is 11.9. The number of halogens is 1. The van der Waals surface area contributed by atoms with E-state index in [9.17, 15) is 17.6 Å². The monoisotopic (exact) mass is 506 g/mol. The maximum atomic E-state index is 13.4. The number of thiophene rings is 1. The third kappa shape index (κ3) is 5.21. The van der Waals surface area contributed by atoms with Crippen molar-refractivity contribution in [1.29, 1.82) is 0 Å². The van der Waals surface area contributed by atoms with Crippen molar-refractivity contribution >= 4 is 27.3 Å². The molecule has 0 spiro atoms. The van der Waals surface area contributed by atoms with E-state index >= 15 is 0 Å². The molecule has 0 radical (unpaired) electrons. The van der Waals surface area contributed by atoms with Crippen LogP contribution in [0.1, 0.15) is 48.9 Å². The molecule has 4 rings (SSSR count). The van der Waals surface area contributed by atoms with Crippen LogP contribution >= 0.6 is 11.3 Å². The standard InChI is InChI=1S/C23H27FN4O4S2/c1-14(2)23-26-21(27-32-23)19-11-20(15(3)33-19)34(30,31)28-10-4-5-17(13-28)22(29)25-12-16-6-8-18(24)9-7-16/h6-9,11,14,17H,4-5,10,12-13H2,1-3H3,(H,25,29)/t17-/m1/s1. The van der Waals surface area contributed by atoms with E-state index in [0.717, 1.165) is 5.56 Å². The summed E-state index contributed by atoms with van der Waals surface area (Å²) in [7, 11) is -3.79. The third-order valence-electron chi connectivity index (χ3n) is 5.78. The number of hydrogen-bond donors (Lipinski definition) is 1. The lowest BCUT2D eigenvalue weighted by Gasteiger charge is -2.31. The maximum absolute atomic E-state index is 13.4. The molecule has 182 valence electrons. The number of aromatic nitrogens is 2. The van der Waals surface area contributed by atoms with Gasteiger partial charge in [-0.05, 0) is 43.5 Å². The summed E-state index contributed by atoms with van der Waals surface area (Å²) in [5.41, 5.74) is 0.776. The van der Waals surface area contributed by atoms with Gasteiger partial charge in [0.25, 0.3) is 0 Å². The van der Waals surface area contributed by atoms with Gasteiger partial charge in [0.2, 0.25) is 27.6 Å². The van der Waals surface area contributed by atoms with Crippen LogP contribution in [0.15, 0.2) is 39.8 Å². The van der Waals surface area contributed by atoms with E-state index in [4.69, 9.17) is 4.52 Å². The van der Waals surface area contributed by atoms with Gasteiger partial charge in [0, 0.05) is 30.4 Å². The van der Waals surface area contributed by atoms with Crippen LogP contribution in [0.5, 0.6) is 0 Å². The van der Waals surface area contributed by atoms with Crippen LogP contribution in [0.2, 0.25) is 0 Å². The molecule has 1 fully saturated rings. The highest BCUT2D eigenvalue weighted by atomic mass is 32.2. The summed E-state index contributed by atoms with van der Waals surface area (Å²) >= 11 is 1.30. The predicted octanol–water partition coefficient (Wildman–Crippen LogP) is 4.09. The molecule has 1 saturated heterocycles. The average Bonchev–Trinajstić information content (AvgIpc) is 3.46. The van der Waals surface area contributed by atoms with E-state index in [0.29, 0.717) is 40.9 Å². The largest absolute Gasteiger partial charge is 0.352 e. The summed E-state index contributed by atoms with van der Waals surface area (Å²) in [6.07, 6.45) is 1.20. The van der Waals surface area contributed by atoms with Gasteiger partial charge in [-0.15, -0.1) is 11.3 Å². The lowest BCUT2D eigenvalue weighted by Crippen LogP contribution is -2.45. The van der Waals surface area contributed by atoms with E-state index < -0.39 is 15.9 Å². The van der Waals surface area contributed by atoms with Crippen LogP contribution < -0.4 is 5.32 Å². The second-order valence-electron chi connectivity index (χ2n) is 8.69. The molecule has 2 aromatic heterocycles. The summed E-state index contributed by atoms with van der Waals surface area (Å²) in [5.74, 6) is -0.0566. The minimum absolute atomic E-state index is 0.0741. The predicted molar refractivity (Wildman–Crippen MR) is 126 cm³/mol. The van der Waals surface area contributed by atoms with Crippen LogP contribution in [0, 0.1) is 18.7 Å². The van der Waals surface area contributed by atoms with Gasteiger partial charge in [0.05, 0.1) is 15.7 Å². The van der Waals surface area contributed by atoms with Crippen LogP contribution in [0.25, 0.3) is 10.7 Å². The molecule has 0 saturated carbocycles. The van der Waals surface area contributed by atoms with Gasteiger partial charge in [0.15, 0.2) is 0 Å². The molecule has 3 heterocycles. The molecule has 8 nitrogen and oxygen atoms in total. The van der Waals surface area contributed by atoms with Crippen molar-refractivity contribution in [2.45, 2.75) is 51.0 Å². The number of sulfonamides is 1. The summed E-state index contributed by atoms with van der Waals surface area (Å²) in [5, 5.41) is 6.82. The van der Waals surface area contributed by atoms with E-state index in [1.165, 1.54) is 27.8 Å². The Morgan fingerprint density at radius 2 is 2.06 bits per heavy atom. The molecule has 0 aliphatic carbocycles. The van der Waals surface area contributed by atoms with Gasteiger partial charge in [-0.1, -0.05) is 31.1 Å². The molecule has 1 atom stereocenters. The van der Waals surface area contributed by atoms with E-state index in [2.05, 4.69) is 15.5 Å². The van der Waals surface area contributed by atoms with Crippen molar-refractivity contribution < 1.29 is 22.1 Å². The maximum Gasteiger partial charge on any atom is 0.244 e. The Morgan fingerprint density at radius 3 is 2.74 bits per heavy atom. The van der Waals surface area contributed by atoms with Gasteiger partial charge in [-0.2, -0.15) is 9.29 Å². The van der Waals surface area contributed by atoms with E-state index in [-0.39, 0.29) is 35.6 Å². The van der Waals surface area contributed by atoms with Crippen LogP contribution in [-0.2, 0) is 21.4 Å². The lowest BCUT2D eigenvalue weighted by atomic mass is 9.99. The molecule has 1 aliphatic rings. The molecule has 1 aliphatic heterocycles. The fraction of sp³-hybridized carbons (Fsp3) is 0.435. The SMILES string of the molecule is Cc1sc(-c2noc(C(C)C)n2)cc1S(=O)(=O)N1CCC[C@@H](C(=O)NCc2ccc(F)cc2)C1. The molecular weight excluding hydrogens is 479 g/mol. The quantitative estimate of drug-likeness (QED) is 0.518. The zero-order chi connectivity index (χ0) is 24.5. The van der Waals surface area contributed by atoms with Gasteiger partial charge >= 0.3 is 0 Å². The normalized spacial score (nSPS) is 17.3. The number of rotatable bonds is 7. The molecule has 1 N–H and O–H groups in total. The van der Waals surface area contributed by atoms with Gasteiger partial charge < -0.3 is 9.84 Å². The number of aryl methyl sites for hydroxylation is 1. The zero-order valence-electron chi connectivity index (χ0n) is 19.2. The van der Waals surface area contributed by atoms with Crippen molar-refractivity contribution in [1.82, 2.24) is 19.8 Å². The number of carbonyl (C=O) groups excluding carboxylic acids is 1. The summed E-state index contributed by atoms with van der Waals surface area (Å²) in [4.78, 5) is 18.6. The number of hydrogen-bond acceptors (Lipinski definition) is 7. The number of nitrogens with one attached hydrogen (secondary N) is 1. The average molecular weight is 507 g/mol. The topological polar surface area (TPSA) is 105 Å². The first kappa shape index (κ1) is 24.5. The Kier molecular flexibility index (Phi) is 7.15. The van der Waals surface area contributed by atoms with Crippen LogP contribution in [-0.4, -0.2) is 41.9 Å². The Bertz CT molecular complexity index is 1270. The minimum Gasteiger partial charge on any atom is -0.352 e. The van der Waals surface area contributed by atoms with Gasteiger partial charge in [0.1, 0.15) is 5.82 Å². The number of amides is 1. The molecule has 0 bridgehead atoms. The zero-order valence-corrected chi connectivity index (χ0v) is 20.9. The Morgan fingerprint density at radius 1 is 1.32 bits per heavy atom. The Labute approximate surface area is 202 Å². The molecule has 34 heavy (non-hydrogen) atoms. The highest BCUT2D eigenvalue weighted by molar-refractivity contribution is 7.89. The smallest absolute Gasteiger partial charge is 0.244 e. The first-order chi connectivity index (χ1) is 16.1. The lowest BCUT2D eigenvalue weighted by molar-refractivity contribution is -0.126. The Balaban J connectivity index is 1.46. The number of nitrogens with zero attached hydrogens (tertiary/aromatic N) is 3. The third-order valence-corrected chi connectivity index (χ3v) is 8.95. The van der Waals surface area contributed by atoms with Gasteiger partial charge in [-0.3, -0.25) is 4.79 Å². The van der Waals surface area contributed by atoms with Crippen LogP contribution in [0.3, 0.4) is 0 Å². The fourth-order valence-corrected chi connectivity index (χ4v) is 6.86. The minimum atomic E-state index is -3.79. The Hall–Kier alpha value is -2.63. The van der Waals surface area contributed by atoms with Crippen molar-refractivity contribution in [3.8, 4) is 10.7 Å². The molecule has 1 amide bonds. The fourth-order valence-electron chi connectivity index (χ4n) is 3.85. The number of piperidine rings is 1.